The monoisotopic (exact) mass is 658 g/mol. The van der Waals surface area contributed by atoms with Crippen molar-refractivity contribution < 1.29 is 113 Å². The highest BCUT2D eigenvalue weighted by molar-refractivity contribution is 7.47. The third-order valence-corrected chi connectivity index (χ3v) is 6.04. The second-order valence-electron chi connectivity index (χ2n) is 6.05. The molecule has 30 heteroatoms. The van der Waals surface area contributed by atoms with Gasteiger partial charge in [-0.3, -0.25) is 37.7 Å². The summed E-state index contributed by atoms with van der Waals surface area (Å²) in [6.45, 7) is 0. The molecule has 0 heterocycles. The quantitative estimate of drug-likeness (QED) is 0.0952. The Balaban J connectivity index is 4.21. The molecule has 214 valence electrons. The molecule has 0 aromatic carbocycles. The van der Waals surface area contributed by atoms with Crippen LogP contribution in [0, 0.1) is 0 Å². The zero-order valence-corrected chi connectivity index (χ0v) is 21.6. The molecule has 0 amide bonds. The Morgan fingerprint density at radius 2 is 0.611 bits per heavy atom. The van der Waals surface area contributed by atoms with Crippen molar-refractivity contribution in [1.29, 1.82) is 0 Å². The lowest BCUT2D eigenvalue weighted by Gasteiger charge is -2.42. The Bertz CT molecular complexity index is 1030. The SMILES string of the molecule is O=P(O)(O)OC1=C(OP(=O)(O)O)[C@H](OP(=O)(O)O)[C@@H](OP(=O)(O)O)[C@@H](OP(=O)(O)O)[C@H]1OP(=O)(O)O. The Kier molecular flexibility index (Phi) is 10.7. The summed E-state index contributed by atoms with van der Waals surface area (Å²) in [4.78, 5) is 109. The van der Waals surface area contributed by atoms with Gasteiger partial charge < -0.3 is 48.2 Å². The van der Waals surface area contributed by atoms with E-state index in [1.807, 2.05) is 0 Å². The maximum Gasteiger partial charge on any atom is 0.524 e. The number of hydrogen-bond acceptors (Lipinski definition) is 12. The Hall–Kier alpha value is 0.0800. The first kappa shape index (κ1) is 34.1. The van der Waals surface area contributed by atoms with Crippen molar-refractivity contribution in [3.05, 3.63) is 11.5 Å². The number of phosphoric acid groups is 6. The second-order valence-corrected chi connectivity index (χ2v) is 13.1. The van der Waals surface area contributed by atoms with Gasteiger partial charge in [0.25, 0.3) is 0 Å². The first-order valence-corrected chi connectivity index (χ1v) is 17.0. The van der Waals surface area contributed by atoms with E-state index < -0.39 is 82.9 Å². The molecule has 0 bridgehead atoms. The first-order valence-electron chi connectivity index (χ1n) is 7.77. The van der Waals surface area contributed by atoms with Crippen LogP contribution in [0.3, 0.4) is 0 Å². The van der Waals surface area contributed by atoms with Crippen molar-refractivity contribution in [2.24, 2.45) is 0 Å². The summed E-state index contributed by atoms with van der Waals surface area (Å²) in [5.41, 5.74) is 0. The van der Waals surface area contributed by atoms with Crippen molar-refractivity contribution in [3.8, 4) is 0 Å². The standard InChI is InChI=1S/C6H16O24P6/c7-31(8,9)25-1-2(26-32(10,11)12)4(28-34(16,17)18)6(30-36(22,23)24)5(29-35(19,20)21)3(1)27-33(13,14)15/h1-4H,(H2,7,8,9)(H2,10,11,12)(H2,13,14,15)(H2,16,17,18)(H2,19,20,21)(H2,22,23,24)/t1-,2+,3-,4-/m1/s1. The molecule has 0 aliphatic heterocycles. The van der Waals surface area contributed by atoms with Crippen LogP contribution in [0.25, 0.3) is 0 Å². The van der Waals surface area contributed by atoms with Crippen LogP contribution < -0.4 is 0 Å². The van der Waals surface area contributed by atoms with Crippen molar-refractivity contribution in [3.63, 3.8) is 0 Å². The summed E-state index contributed by atoms with van der Waals surface area (Å²) in [7, 11) is -36.3. The second kappa shape index (κ2) is 11.3. The Labute approximate surface area is 196 Å². The van der Waals surface area contributed by atoms with E-state index in [-0.39, 0.29) is 0 Å². The highest BCUT2D eigenvalue weighted by atomic mass is 31.2. The summed E-state index contributed by atoms with van der Waals surface area (Å²) in [6.07, 6.45) is -12.9. The highest BCUT2D eigenvalue weighted by Gasteiger charge is 2.58. The third-order valence-electron chi connectivity index (χ3n) is 3.13. The Morgan fingerprint density at radius 3 is 0.778 bits per heavy atom. The average molecular weight is 658 g/mol. The van der Waals surface area contributed by atoms with Crippen LogP contribution in [-0.2, 0) is 54.5 Å². The van der Waals surface area contributed by atoms with Crippen molar-refractivity contribution in [2.75, 3.05) is 0 Å². The minimum atomic E-state index is -6.07. The average Bonchev–Trinajstić information content (AvgIpc) is 2.51. The van der Waals surface area contributed by atoms with E-state index in [1.54, 1.807) is 0 Å². The molecule has 1 rings (SSSR count). The molecule has 0 fully saturated rings. The normalized spacial score (nSPS) is 25.1. The van der Waals surface area contributed by atoms with Crippen LogP contribution in [0.2, 0.25) is 0 Å². The zero-order chi connectivity index (χ0) is 28.7. The van der Waals surface area contributed by atoms with Gasteiger partial charge in [-0.15, -0.1) is 0 Å². The summed E-state index contributed by atoms with van der Waals surface area (Å²) in [5.74, 6) is -4.17. The van der Waals surface area contributed by atoms with Gasteiger partial charge in [0.2, 0.25) is 0 Å². The fourth-order valence-electron chi connectivity index (χ4n) is 2.43. The van der Waals surface area contributed by atoms with E-state index in [1.165, 1.54) is 0 Å². The zero-order valence-electron chi connectivity index (χ0n) is 16.3. The van der Waals surface area contributed by atoms with Gasteiger partial charge in [-0.25, -0.2) is 27.4 Å². The lowest BCUT2D eigenvalue weighted by Crippen LogP contribution is -2.54. The van der Waals surface area contributed by atoms with Gasteiger partial charge in [0.05, 0.1) is 0 Å². The molecule has 1 aliphatic rings. The molecular weight excluding hydrogens is 642 g/mol. The van der Waals surface area contributed by atoms with E-state index in [2.05, 4.69) is 27.1 Å². The lowest BCUT2D eigenvalue weighted by atomic mass is 9.93. The van der Waals surface area contributed by atoms with Crippen LogP contribution in [0.1, 0.15) is 0 Å². The minimum absolute atomic E-state index is 2.09. The van der Waals surface area contributed by atoms with Crippen molar-refractivity contribution in [1.82, 2.24) is 0 Å². The third kappa shape index (κ3) is 12.8. The van der Waals surface area contributed by atoms with Gasteiger partial charge in [0, 0.05) is 0 Å². The minimum Gasteiger partial charge on any atom is -0.402 e. The van der Waals surface area contributed by atoms with E-state index in [9.17, 15) is 27.4 Å². The van der Waals surface area contributed by atoms with Crippen molar-refractivity contribution in [2.45, 2.75) is 24.4 Å². The van der Waals surface area contributed by atoms with E-state index in [4.69, 9.17) is 58.7 Å². The molecule has 0 spiro atoms. The highest BCUT2D eigenvalue weighted by Crippen LogP contribution is 2.58. The molecular formula is C6H16O24P6. The van der Waals surface area contributed by atoms with Gasteiger partial charge in [0.15, 0.2) is 23.7 Å². The van der Waals surface area contributed by atoms with Crippen LogP contribution in [-0.4, -0.2) is 83.1 Å². The van der Waals surface area contributed by atoms with Crippen LogP contribution in [0.4, 0.5) is 0 Å². The molecule has 4 atom stereocenters. The Morgan fingerprint density at radius 1 is 0.389 bits per heavy atom. The van der Waals surface area contributed by atoms with Gasteiger partial charge in [0.1, 0.15) is 12.2 Å². The number of rotatable bonds is 12. The molecule has 0 aromatic heterocycles. The van der Waals surface area contributed by atoms with Gasteiger partial charge in [-0.2, -0.15) is 0 Å². The maximum absolute atomic E-state index is 11.4. The molecule has 12 N–H and O–H groups in total. The van der Waals surface area contributed by atoms with Gasteiger partial charge >= 0.3 is 46.9 Å². The first-order chi connectivity index (χ1) is 15.6. The maximum atomic E-state index is 11.4. The number of phosphoric ester groups is 6. The summed E-state index contributed by atoms with van der Waals surface area (Å²) in [6, 6.07) is 0. The fraction of sp³-hybridized carbons (Fsp3) is 0.667. The van der Waals surface area contributed by atoms with E-state index >= 15 is 0 Å². The molecule has 0 saturated heterocycles. The summed E-state index contributed by atoms with van der Waals surface area (Å²) in [5, 5.41) is 0. The molecule has 36 heavy (non-hydrogen) atoms. The lowest BCUT2D eigenvalue weighted by molar-refractivity contribution is -0.107. The van der Waals surface area contributed by atoms with E-state index in [0.29, 0.717) is 0 Å². The van der Waals surface area contributed by atoms with Gasteiger partial charge in [-0.05, 0) is 0 Å². The molecule has 1 aliphatic carbocycles. The summed E-state index contributed by atoms with van der Waals surface area (Å²) >= 11 is 0. The molecule has 24 nitrogen and oxygen atoms in total. The smallest absolute Gasteiger partial charge is 0.402 e. The fourth-order valence-corrected chi connectivity index (χ4v) is 5.45. The molecule has 0 aromatic rings. The van der Waals surface area contributed by atoms with Crippen LogP contribution in [0.15, 0.2) is 11.5 Å². The molecule has 0 saturated carbocycles. The van der Waals surface area contributed by atoms with Gasteiger partial charge in [-0.1, -0.05) is 0 Å². The van der Waals surface area contributed by atoms with Crippen LogP contribution in [0.5, 0.6) is 0 Å². The predicted molar refractivity (Wildman–Crippen MR) is 101 cm³/mol. The molecule has 0 unspecified atom stereocenters. The van der Waals surface area contributed by atoms with Crippen molar-refractivity contribution >= 4 is 46.9 Å². The van der Waals surface area contributed by atoms with Crippen LogP contribution >= 0.6 is 46.9 Å². The largest absolute Gasteiger partial charge is 0.524 e. The van der Waals surface area contributed by atoms with E-state index in [0.717, 1.165) is 0 Å². The molecule has 0 radical (unpaired) electrons. The summed E-state index contributed by atoms with van der Waals surface area (Å²) < 4.78 is 92.6. The predicted octanol–water partition coefficient (Wildman–Crippen LogP) is -2.66. The number of hydrogen-bond donors (Lipinski definition) is 12. The topological polar surface area (TPSA) is 401 Å².